The molecule has 21 heavy (non-hydrogen) atoms. The van der Waals surface area contributed by atoms with Crippen molar-refractivity contribution in [3.8, 4) is 0 Å². The molecule has 0 radical (unpaired) electrons. The van der Waals surface area contributed by atoms with Gasteiger partial charge in [-0.15, -0.1) is 0 Å². The second-order valence-corrected chi connectivity index (χ2v) is 7.24. The quantitative estimate of drug-likeness (QED) is 0.813. The molecule has 0 aromatic rings. The van der Waals surface area contributed by atoms with Crippen molar-refractivity contribution >= 4 is 0 Å². The molecule has 0 bridgehead atoms. The van der Waals surface area contributed by atoms with E-state index in [4.69, 9.17) is 9.47 Å². The Morgan fingerprint density at radius 3 is 2.19 bits per heavy atom. The molecule has 0 spiro atoms. The minimum Gasteiger partial charge on any atom is -0.377 e. The van der Waals surface area contributed by atoms with Crippen molar-refractivity contribution in [2.24, 2.45) is 17.8 Å². The molecule has 2 fully saturated rings. The van der Waals surface area contributed by atoms with E-state index in [1.54, 1.807) is 14.2 Å². The molecule has 124 valence electrons. The molecule has 1 saturated heterocycles. The third-order valence-corrected chi connectivity index (χ3v) is 5.73. The van der Waals surface area contributed by atoms with Crippen LogP contribution in [0, 0.1) is 17.8 Å². The zero-order valence-corrected chi connectivity index (χ0v) is 14.5. The average molecular weight is 298 g/mol. The van der Waals surface area contributed by atoms with Gasteiger partial charge in [-0.3, -0.25) is 4.90 Å². The summed E-state index contributed by atoms with van der Waals surface area (Å²) in [5.41, 5.74) is 0. The van der Waals surface area contributed by atoms with Crippen molar-refractivity contribution < 1.29 is 9.47 Å². The summed E-state index contributed by atoms with van der Waals surface area (Å²) in [5.74, 6) is 2.45. The first-order chi connectivity index (χ1) is 10.1. The lowest BCUT2D eigenvalue weighted by atomic mass is 9.73. The lowest BCUT2D eigenvalue weighted by Gasteiger charge is -2.39. The fourth-order valence-corrected chi connectivity index (χ4v) is 4.24. The molecule has 5 unspecified atom stereocenters. The van der Waals surface area contributed by atoms with E-state index in [2.05, 4.69) is 31.1 Å². The van der Waals surface area contributed by atoms with Gasteiger partial charge in [0.05, 0.1) is 12.2 Å². The van der Waals surface area contributed by atoms with Crippen LogP contribution in [0.2, 0.25) is 0 Å². The number of methoxy groups -OCH3 is 2. The summed E-state index contributed by atoms with van der Waals surface area (Å²) in [6, 6.07) is 0.669. The molecule has 5 atom stereocenters. The Balaban J connectivity index is 1.93. The molecule has 1 aliphatic carbocycles. The van der Waals surface area contributed by atoms with Gasteiger partial charge in [0.2, 0.25) is 0 Å². The molecule has 1 heterocycles. The summed E-state index contributed by atoms with van der Waals surface area (Å²) in [4.78, 5) is 2.54. The van der Waals surface area contributed by atoms with Gasteiger partial charge in [0, 0.05) is 39.9 Å². The molecule has 0 aromatic carbocycles. The van der Waals surface area contributed by atoms with Crippen LogP contribution in [-0.2, 0) is 9.47 Å². The van der Waals surface area contributed by atoms with E-state index in [9.17, 15) is 0 Å². The highest BCUT2D eigenvalue weighted by Gasteiger charge is 2.37. The minimum absolute atomic E-state index is 0.229. The van der Waals surface area contributed by atoms with Gasteiger partial charge >= 0.3 is 0 Å². The summed E-state index contributed by atoms with van der Waals surface area (Å²) in [5, 5.41) is 3.55. The Morgan fingerprint density at radius 2 is 1.71 bits per heavy atom. The topological polar surface area (TPSA) is 33.7 Å². The van der Waals surface area contributed by atoms with Crippen LogP contribution in [0.15, 0.2) is 0 Å². The van der Waals surface area contributed by atoms with Crippen molar-refractivity contribution in [2.45, 2.75) is 51.4 Å². The second kappa shape index (κ2) is 7.91. The van der Waals surface area contributed by atoms with Gasteiger partial charge < -0.3 is 14.8 Å². The van der Waals surface area contributed by atoms with Gasteiger partial charge in [0.25, 0.3) is 0 Å². The fourth-order valence-electron chi connectivity index (χ4n) is 4.24. The van der Waals surface area contributed by atoms with E-state index < -0.39 is 0 Å². The van der Waals surface area contributed by atoms with E-state index in [1.165, 1.54) is 25.8 Å². The third-order valence-electron chi connectivity index (χ3n) is 5.73. The predicted octanol–water partition coefficient (Wildman–Crippen LogP) is 1.99. The zero-order valence-electron chi connectivity index (χ0n) is 14.5. The number of nitrogens with one attached hydrogen (secondary N) is 1. The highest BCUT2D eigenvalue weighted by Crippen LogP contribution is 2.35. The summed E-state index contributed by atoms with van der Waals surface area (Å²) < 4.78 is 11.1. The molecule has 0 aromatic heterocycles. The summed E-state index contributed by atoms with van der Waals surface area (Å²) in [6.45, 7) is 7.94. The zero-order chi connectivity index (χ0) is 15.4. The Labute approximate surface area is 130 Å². The Hall–Kier alpha value is -0.160. The summed E-state index contributed by atoms with van der Waals surface area (Å²) in [6.07, 6.45) is 4.51. The van der Waals surface area contributed by atoms with Crippen molar-refractivity contribution in [3.05, 3.63) is 0 Å². The van der Waals surface area contributed by atoms with Crippen LogP contribution < -0.4 is 5.32 Å². The second-order valence-electron chi connectivity index (χ2n) is 7.24. The number of hydrogen-bond donors (Lipinski definition) is 1. The third kappa shape index (κ3) is 4.19. The largest absolute Gasteiger partial charge is 0.377 e. The average Bonchev–Trinajstić information content (AvgIpc) is 2.89. The smallest absolute Gasteiger partial charge is 0.0971 e. The number of likely N-dealkylation sites (tertiary alicyclic amines) is 1. The van der Waals surface area contributed by atoms with Gasteiger partial charge in [-0.2, -0.15) is 0 Å². The molecule has 1 N–H and O–H groups in total. The summed E-state index contributed by atoms with van der Waals surface area (Å²) in [7, 11) is 5.71. The molecule has 1 saturated carbocycles. The first kappa shape index (κ1) is 17.2. The Bertz CT molecular complexity index is 299. The molecule has 2 aliphatic rings. The van der Waals surface area contributed by atoms with Crippen LogP contribution in [0.4, 0.5) is 0 Å². The van der Waals surface area contributed by atoms with Crippen LogP contribution in [0.1, 0.15) is 33.1 Å². The lowest BCUT2D eigenvalue weighted by molar-refractivity contribution is -0.00461. The van der Waals surface area contributed by atoms with Crippen LogP contribution in [0.3, 0.4) is 0 Å². The maximum absolute atomic E-state index is 5.56. The molecule has 0 amide bonds. The highest BCUT2D eigenvalue weighted by molar-refractivity contribution is 4.91. The molecule has 2 rings (SSSR count). The van der Waals surface area contributed by atoms with Gasteiger partial charge in [0.1, 0.15) is 0 Å². The van der Waals surface area contributed by atoms with Crippen molar-refractivity contribution in [3.63, 3.8) is 0 Å². The van der Waals surface area contributed by atoms with Crippen molar-refractivity contribution in [2.75, 3.05) is 40.9 Å². The van der Waals surface area contributed by atoms with E-state index in [1.807, 2.05) is 0 Å². The van der Waals surface area contributed by atoms with Gasteiger partial charge in [-0.1, -0.05) is 13.8 Å². The van der Waals surface area contributed by atoms with Gasteiger partial charge in [0.15, 0.2) is 0 Å². The SMILES string of the molecule is CNC1CCC(C(C)C)CC1CN1CC(OC)C(OC)C1. The van der Waals surface area contributed by atoms with Crippen LogP contribution >= 0.6 is 0 Å². The standard InChI is InChI=1S/C17H34N2O2/c1-12(2)13-6-7-15(18-3)14(8-13)9-19-10-16(20-4)17(11-19)21-5/h12-18H,6-11H2,1-5H3. The minimum atomic E-state index is 0.229. The summed E-state index contributed by atoms with van der Waals surface area (Å²) >= 11 is 0. The Morgan fingerprint density at radius 1 is 1.10 bits per heavy atom. The Kier molecular flexibility index (Phi) is 6.48. The van der Waals surface area contributed by atoms with Crippen molar-refractivity contribution in [1.29, 1.82) is 0 Å². The van der Waals surface area contributed by atoms with Crippen molar-refractivity contribution in [1.82, 2.24) is 10.2 Å². The molecular weight excluding hydrogens is 264 g/mol. The molecule has 4 heteroatoms. The molecule has 4 nitrogen and oxygen atoms in total. The van der Waals surface area contributed by atoms with Crippen LogP contribution in [0.5, 0.6) is 0 Å². The monoisotopic (exact) mass is 298 g/mol. The van der Waals surface area contributed by atoms with Crippen LogP contribution in [0.25, 0.3) is 0 Å². The predicted molar refractivity (Wildman–Crippen MR) is 86.6 cm³/mol. The number of ether oxygens (including phenoxy) is 2. The van der Waals surface area contributed by atoms with E-state index in [-0.39, 0.29) is 12.2 Å². The molecular formula is C17H34N2O2. The first-order valence-electron chi connectivity index (χ1n) is 8.54. The van der Waals surface area contributed by atoms with E-state index in [0.29, 0.717) is 6.04 Å². The maximum Gasteiger partial charge on any atom is 0.0971 e. The van der Waals surface area contributed by atoms with Crippen LogP contribution in [-0.4, -0.2) is 64.1 Å². The highest BCUT2D eigenvalue weighted by atomic mass is 16.5. The fraction of sp³-hybridized carbons (Fsp3) is 1.00. The normalized spacial score (nSPS) is 38.3. The maximum atomic E-state index is 5.56. The first-order valence-corrected chi connectivity index (χ1v) is 8.54. The molecule has 1 aliphatic heterocycles. The number of nitrogens with zero attached hydrogens (tertiary/aromatic N) is 1. The number of rotatable bonds is 6. The van der Waals surface area contributed by atoms with Gasteiger partial charge in [-0.25, -0.2) is 0 Å². The lowest BCUT2D eigenvalue weighted by Crippen LogP contribution is -2.45. The van der Waals surface area contributed by atoms with E-state index in [0.717, 1.165) is 30.8 Å². The number of hydrogen-bond acceptors (Lipinski definition) is 4. The van der Waals surface area contributed by atoms with E-state index >= 15 is 0 Å². The van der Waals surface area contributed by atoms with Gasteiger partial charge in [-0.05, 0) is 44.1 Å².